The Morgan fingerprint density at radius 1 is 1.35 bits per heavy atom. The molecule has 0 saturated carbocycles. The first-order chi connectivity index (χ1) is 8.20. The molecule has 0 amide bonds. The van der Waals surface area contributed by atoms with Crippen LogP contribution in [0.4, 0.5) is 0 Å². The molecule has 0 atom stereocenters. The minimum atomic E-state index is -0.231. The number of esters is 1. The van der Waals surface area contributed by atoms with Gasteiger partial charge < -0.3 is 4.74 Å². The van der Waals surface area contributed by atoms with E-state index >= 15 is 0 Å². The molecular formula is C13H13NO2S. The summed E-state index contributed by atoms with van der Waals surface area (Å²) >= 11 is 1.54. The van der Waals surface area contributed by atoms with Crippen molar-refractivity contribution in [2.24, 2.45) is 0 Å². The Morgan fingerprint density at radius 2 is 2.06 bits per heavy atom. The lowest BCUT2D eigenvalue weighted by Crippen LogP contribution is -2.03. The molecule has 0 fully saturated rings. The molecule has 0 saturated heterocycles. The number of aromatic nitrogens is 1. The fraction of sp³-hybridized carbons (Fsp3) is 0.231. The summed E-state index contributed by atoms with van der Waals surface area (Å²) in [5.41, 5.74) is 1.93. The van der Waals surface area contributed by atoms with Crippen LogP contribution in [0, 0.1) is 6.92 Å². The molecule has 0 aliphatic heterocycles. The Hall–Kier alpha value is -1.68. The van der Waals surface area contributed by atoms with Gasteiger partial charge in [-0.1, -0.05) is 30.3 Å². The van der Waals surface area contributed by atoms with E-state index in [4.69, 9.17) is 4.74 Å². The molecule has 1 heterocycles. The van der Waals surface area contributed by atoms with Crippen LogP contribution in [0.2, 0.25) is 0 Å². The van der Waals surface area contributed by atoms with Crippen molar-refractivity contribution in [3.05, 3.63) is 40.2 Å². The molecule has 0 aliphatic rings. The maximum Gasteiger partial charge on any atom is 0.310 e. The summed E-state index contributed by atoms with van der Waals surface area (Å²) in [6.45, 7) is 1.94. The molecule has 1 aromatic carbocycles. The zero-order valence-corrected chi connectivity index (χ0v) is 10.6. The molecule has 0 unspecified atom stereocenters. The Labute approximate surface area is 104 Å². The predicted molar refractivity (Wildman–Crippen MR) is 68.0 cm³/mol. The van der Waals surface area contributed by atoms with Crippen LogP contribution in [0.3, 0.4) is 0 Å². The Kier molecular flexibility index (Phi) is 3.54. The number of carbonyl (C=O) groups is 1. The van der Waals surface area contributed by atoms with Crippen molar-refractivity contribution in [3.63, 3.8) is 0 Å². The summed E-state index contributed by atoms with van der Waals surface area (Å²) in [6, 6.07) is 9.88. The highest BCUT2D eigenvalue weighted by atomic mass is 32.1. The molecule has 17 heavy (non-hydrogen) atoms. The number of methoxy groups -OCH3 is 1. The molecule has 0 N–H and O–H groups in total. The highest BCUT2D eigenvalue weighted by Crippen LogP contribution is 2.28. The van der Waals surface area contributed by atoms with Gasteiger partial charge >= 0.3 is 5.97 Å². The van der Waals surface area contributed by atoms with Crippen LogP contribution in [0.25, 0.3) is 11.3 Å². The third-order valence-electron chi connectivity index (χ3n) is 2.38. The van der Waals surface area contributed by atoms with Gasteiger partial charge in [-0.3, -0.25) is 4.79 Å². The number of aryl methyl sites for hydroxylation is 1. The number of hydrogen-bond acceptors (Lipinski definition) is 4. The second kappa shape index (κ2) is 5.10. The number of rotatable bonds is 3. The Morgan fingerprint density at radius 3 is 2.71 bits per heavy atom. The van der Waals surface area contributed by atoms with E-state index in [0.717, 1.165) is 21.1 Å². The number of thiazole rings is 1. The first kappa shape index (κ1) is 11.8. The highest BCUT2D eigenvalue weighted by molar-refractivity contribution is 7.12. The second-order valence-corrected chi connectivity index (χ2v) is 4.91. The van der Waals surface area contributed by atoms with Gasteiger partial charge in [0.15, 0.2) is 0 Å². The molecule has 0 bridgehead atoms. The van der Waals surface area contributed by atoms with Gasteiger partial charge in [0.1, 0.15) is 0 Å². The van der Waals surface area contributed by atoms with Crippen LogP contribution in [-0.2, 0) is 16.0 Å². The van der Waals surface area contributed by atoms with E-state index in [-0.39, 0.29) is 12.4 Å². The lowest BCUT2D eigenvalue weighted by molar-refractivity contribution is -0.139. The fourth-order valence-electron chi connectivity index (χ4n) is 1.61. The number of nitrogens with zero attached hydrogens (tertiary/aromatic N) is 1. The standard InChI is InChI=1S/C13H13NO2S/c1-9-14-13(10-6-4-3-5-7-10)11(17-9)8-12(15)16-2/h3-7H,8H2,1-2H3. The van der Waals surface area contributed by atoms with Crippen molar-refractivity contribution >= 4 is 17.3 Å². The topological polar surface area (TPSA) is 39.2 Å². The molecule has 3 nitrogen and oxygen atoms in total. The molecule has 0 radical (unpaired) electrons. The smallest absolute Gasteiger partial charge is 0.310 e. The van der Waals surface area contributed by atoms with Crippen molar-refractivity contribution in [2.75, 3.05) is 7.11 Å². The van der Waals surface area contributed by atoms with Gasteiger partial charge in [0.2, 0.25) is 0 Å². The molecular weight excluding hydrogens is 234 g/mol. The number of hydrogen-bond donors (Lipinski definition) is 0. The zero-order chi connectivity index (χ0) is 12.3. The van der Waals surface area contributed by atoms with Gasteiger partial charge in [-0.15, -0.1) is 11.3 Å². The minimum absolute atomic E-state index is 0.231. The molecule has 2 rings (SSSR count). The van der Waals surface area contributed by atoms with Crippen LogP contribution in [-0.4, -0.2) is 18.1 Å². The van der Waals surface area contributed by atoms with Crippen LogP contribution in [0.15, 0.2) is 30.3 Å². The molecule has 2 aromatic rings. The van der Waals surface area contributed by atoms with Crippen LogP contribution < -0.4 is 0 Å². The molecule has 1 aromatic heterocycles. The van der Waals surface area contributed by atoms with Gasteiger partial charge in [0.05, 0.1) is 24.2 Å². The van der Waals surface area contributed by atoms with Crippen LogP contribution >= 0.6 is 11.3 Å². The van der Waals surface area contributed by atoms with E-state index in [2.05, 4.69) is 4.98 Å². The average Bonchev–Trinajstić information content (AvgIpc) is 2.71. The largest absolute Gasteiger partial charge is 0.469 e. The van der Waals surface area contributed by atoms with Gasteiger partial charge in [0, 0.05) is 10.4 Å². The first-order valence-corrected chi connectivity index (χ1v) is 6.11. The van der Waals surface area contributed by atoms with Crippen molar-refractivity contribution in [1.82, 2.24) is 4.98 Å². The summed E-state index contributed by atoms with van der Waals surface area (Å²) < 4.78 is 4.69. The third-order valence-corrected chi connectivity index (χ3v) is 3.35. The van der Waals surface area contributed by atoms with E-state index in [1.54, 1.807) is 11.3 Å². The lowest BCUT2D eigenvalue weighted by atomic mass is 10.1. The van der Waals surface area contributed by atoms with E-state index in [0.29, 0.717) is 0 Å². The molecule has 0 aliphatic carbocycles. The van der Waals surface area contributed by atoms with E-state index in [1.807, 2.05) is 37.3 Å². The van der Waals surface area contributed by atoms with Crippen LogP contribution in [0.5, 0.6) is 0 Å². The van der Waals surface area contributed by atoms with E-state index in [9.17, 15) is 4.79 Å². The van der Waals surface area contributed by atoms with Crippen molar-refractivity contribution in [1.29, 1.82) is 0 Å². The van der Waals surface area contributed by atoms with Gasteiger partial charge in [-0.2, -0.15) is 0 Å². The monoisotopic (exact) mass is 247 g/mol. The second-order valence-electron chi connectivity index (χ2n) is 3.62. The van der Waals surface area contributed by atoms with Gasteiger partial charge in [-0.25, -0.2) is 4.98 Å². The minimum Gasteiger partial charge on any atom is -0.469 e. The summed E-state index contributed by atoms with van der Waals surface area (Å²) in [7, 11) is 1.40. The van der Waals surface area contributed by atoms with Gasteiger partial charge in [0.25, 0.3) is 0 Å². The zero-order valence-electron chi connectivity index (χ0n) is 9.77. The fourth-order valence-corrected chi connectivity index (χ4v) is 2.56. The molecule has 4 heteroatoms. The van der Waals surface area contributed by atoms with Crippen molar-refractivity contribution in [2.45, 2.75) is 13.3 Å². The SMILES string of the molecule is COC(=O)Cc1sc(C)nc1-c1ccccc1. The van der Waals surface area contributed by atoms with Crippen LogP contribution in [0.1, 0.15) is 9.88 Å². The summed E-state index contributed by atoms with van der Waals surface area (Å²) in [6.07, 6.45) is 0.284. The third kappa shape index (κ3) is 2.71. The average molecular weight is 247 g/mol. The highest BCUT2D eigenvalue weighted by Gasteiger charge is 2.14. The first-order valence-electron chi connectivity index (χ1n) is 5.29. The van der Waals surface area contributed by atoms with E-state index < -0.39 is 0 Å². The van der Waals surface area contributed by atoms with Crippen molar-refractivity contribution in [3.8, 4) is 11.3 Å². The van der Waals surface area contributed by atoms with Gasteiger partial charge in [-0.05, 0) is 6.92 Å². The summed E-state index contributed by atoms with van der Waals surface area (Å²) in [5, 5.41) is 0.961. The van der Waals surface area contributed by atoms with E-state index in [1.165, 1.54) is 7.11 Å². The Bertz CT molecular complexity index is 519. The predicted octanol–water partition coefficient (Wildman–Crippen LogP) is 2.83. The van der Waals surface area contributed by atoms with Crippen molar-refractivity contribution < 1.29 is 9.53 Å². The molecule has 0 spiro atoms. The summed E-state index contributed by atoms with van der Waals surface area (Å²) in [4.78, 5) is 16.8. The number of ether oxygens (including phenoxy) is 1. The number of carbonyl (C=O) groups excluding carboxylic acids is 1. The summed E-state index contributed by atoms with van der Waals surface area (Å²) in [5.74, 6) is -0.231. The Balaban J connectivity index is 2.37. The quantitative estimate of drug-likeness (QED) is 0.783. The number of benzene rings is 1. The lowest BCUT2D eigenvalue weighted by Gasteiger charge is -2.01. The maximum absolute atomic E-state index is 11.3. The maximum atomic E-state index is 11.3. The molecule has 88 valence electrons. The normalized spacial score (nSPS) is 10.2.